The van der Waals surface area contributed by atoms with E-state index in [1.165, 1.54) is 0 Å². The van der Waals surface area contributed by atoms with Crippen molar-refractivity contribution in [3.05, 3.63) is 0 Å². The second-order valence-corrected chi connectivity index (χ2v) is 2.59. The average molecular weight is 146 g/mol. The fourth-order valence-corrected chi connectivity index (χ4v) is 0.649. The standard InChI is InChI=1S/C7H14O3/c1-5(2)7(10)6(9)3-4-8/h5-6,8-9H,3-4H2,1-2H3. The highest BCUT2D eigenvalue weighted by atomic mass is 16.3. The Balaban J connectivity index is 3.71. The summed E-state index contributed by atoms with van der Waals surface area (Å²) in [7, 11) is 0. The van der Waals surface area contributed by atoms with Crippen molar-refractivity contribution in [2.75, 3.05) is 6.61 Å². The van der Waals surface area contributed by atoms with Gasteiger partial charge < -0.3 is 10.2 Å². The number of hydrogen-bond acceptors (Lipinski definition) is 3. The van der Waals surface area contributed by atoms with Crippen molar-refractivity contribution in [1.29, 1.82) is 0 Å². The van der Waals surface area contributed by atoms with Crippen LogP contribution in [0.3, 0.4) is 0 Å². The van der Waals surface area contributed by atoms with Gasteiger partial charge in [-0.25, -0.2) is 0 Å². The molecule has 60 valence electrons. The first-order chi connectivity index (χ1) is 4.59. The van der Waals surface area contributed by atoms with Crippen molar-refractivity contribution >= 4 is 5.78 Å². The summed E-state index contributed by atoms with van der Waals surface area (Å²) in [6, 6.07) is 0. The minimum Gasteiger partial charge on any atom is -0.396 e. The van der Waals surface area contributed by atoms with E-state index < -0.39 is 6.10 Å². The lowest BCUT2D eigenvalue weighted by molar-refractivity contribution is -0.130. The molecule has 0 radical (unpaired) electrons. The Hall–Kier alpha value is -0.410. The molecule has 1 unspecified atom stereocenters. The number of rotatable bonds is 4. The van der Waals surface area contributed by atoms with Crippen molar-refractivity contribution in [3.8, 4) is 0 Å². The van der Waals surface area contributed by atoms with E-state index in [1.54, 1.807) is 13.8 Å². The average Bonchev–Trinajstić information content (AvgIpc) is 1.87. The number of aliphatic hydroxyl groups excluding tert-OH is 2. The Kier molecular flexibility index (Phi) is 4.23. The first kappa shape index (κ1) is 9.59. The number of carbonyl (C=O) groups excluding carboxylic acids is 1. The molecule has 0 aromatic heterocycles. The van der Waals surface area contributed by atoms with Gasteiger partial charge in [-0.2, -0.15) is 0 Å². The molecule has 3 heteroatoms. The lowest BCUT2D eigenvalue weighted by Gasteiger charge is -2.09. The first-order valence-corrected chi connectivity index (χ1v) is 3.42. The third-order valence-electron chi connectivity index (χ3n) is 1.30. The summed E-state index contributed by atoms with van der Waals surface area (Å²) in [6.45, 7) is 3.31. The smallest absolute Gasteiger partial charge is 0.163 e. The van der Waals surface area contributed by atoms with Crippen LogP contribution in [0.2, 0.25) is 0 Å². The molecule has 0 aliphatic carbocycles. The van der Waals surface area contributed by atoms with Crippen molar-refractivity contribution < 1.29 is 15.0 Å². The Bertz CT molecular complexity index is 109. The summed E-state index contributed by atoms with van der Waals surface area (Å²) in [5.74, 6) is -0.351. The van der Waals surface area contributed by atoms with E-state index >= 15 is 0 Å². The van der Waals surface area contributed by atoms with Gasteiger partial charge in [-0.1, -0.05) is 13.8 Å². The zero-order valence-corrected chi connectivity index (χ0v) is 6.37. The Labute approximate surface area is 60.7 Å². The molecule has 0 heterocycles. The molecule has 0 saturated carbocycles. The van der Waals surface area contributed by atoms with Crippen LogP contribution in [0.15, 0.2) is 0 Å². The molecule has 0 aromatic carbocycles. The molecular weight excluding hydrogens is 132 g/mol. The van der Waals surface area contributed by atoms with Crippen LogP contribution in [0.5, 0.6) is 0 Å². The first-order valence-electron chi connectivity index (χ1n) is 3.42. The Morgan fingerprint density at radius 1 is 1.50 bits per heavy atom. The summed E-state index contributed by atoms with van der Waals surface area (Å²) in [6.07, 6.45) is -0.832. The van der Waals surface area contributed by atoms with E-state index in [0.29, 0.717) is 0 Å². The van der Waals surface area contributed by atoms with Gasteiger partial charge in [-0.3, -0.25) is 4.79 Å². The van der Waals surface area contributed by atoms with Crippen LogP contribution in [0.1, 0.15) is 20.3 Å². The molecule has 2 N–H and O–H groups in total. The second-order valence-electron chi connectivity index (χ2n) is 2.59. The van der Waals surface area contributed by atoms with Crippen LogP contribution in [-0.4, -0.2) is 28.7 Å². The molecule has 0 spiro atoms. The van der Waals surface area contributed by atoms with Crippen LogP contribution in [0, 0.1) is 5.92 Å². The highest BCUT2D eigenvalue weighted by molar-refractivity contribution is 5.84. The number of Topliss-reactive ketones (excluding diaryl/α,β-unsaturated/α-hetero) is 1. The molecule has 0 amide bonds. The van der Waals surface area contributed by atoms with Gasteiger partial charge in [0, 0.05) is 18.9 Å². The minimum absolute atomic E-state index is 0.139. The van der Waals surface area contributed by atoms with Gasteiger partial charge in [-0.15, -0.1) is 0 Å². The predicted octanol–water partition coefficient (Wildman–Crippen LogP) is -0.0452. The van der Waals surface area contributed by atoms with Crippen LogP contribution in [-0.2, 0) is 4.79 Å². The summed E-state index contributed by atoms with van der Waals surface area (Å²) >= 11 is 0. The Morgan fingerprint density at radius 3 is 2.30 bits per heavy atom. The molecule has 10 heavy (non-hydrogen) atoms. The maximum Gasteiger partial charge on any atom is 0.163 e. The quantitative estimate of drug-likeness (QED) is 0.585. The van der Waals surface area contributed by atoms with E-state index in [2.05, 4.69) is 0 Å². The zero-order chi connectivity index (χ0) is 8.15. The van der Waals surface area contributed by atoms with Crippen LogP contribution >= 0.6 is 0 Å². The topological polar surface area (TPSA) is 57.5 Å². The summed E-state index contributed by atoms with van der Waals surface area (Å²) in [5, 5.41) is 17.3. The Morgan fingerprint density at radius 2 is 2.00 bits per heavy atom. The SMILES string of the molecule is CC(C)C(=O)C(O)CCO. The van der Waals surface area contributed by atoms with Gasteiger partial charge in [0.15, 0.2) is 5.78 Å². The van der Waals surface area contributed by atoms with Crippen molar-refractivity contribution in [3.63, 3.8) is 0 Å². The lowest BCUT2D eigenvalue weighted by atomic mass is 10.0. The minimum atomic E-state index is -0.981. The van der Waals surface area contributed by atoms with Gasteiger partial charge in [0.1, 0.15) is 6.10 Å². The molecule has 0 bridgehead atoms. The second kappa shape index (κ2) is 4.41. The zero-order valence-electron chi connectivity index (χ0n) is 6.37. The molecular formula is C7H14O3. The maximum atomic E-state index is 10.9. The fraction of sp³-hybridized carbons (Fsp3) is 0.857. The highest BCUT2D eigenvalue weighted by Crippen LogP contribution is 2.01. The van der Waals surface area contributed by atoms with Crippen LogP contribution in [0.4, 0.5) is 0 Å². The highest BCUT2D eigenvalue weighted by Gasteiger charge is 2.16. The molecule has 0 aromatic rings. The molecule has 1 atom stereocenters. The third kappa shape index (κ3) is 2.94. The van der Waals surface area contributed by atoms with Gasteiger partial charge in [0.25, 0.3) is 0 Å². The number of ketones is 1. The fourth-order valence-electron chi connectivity index (χ4n) is 0.649. The summed E-state index contributed by atoms with van der Waals surface area (Å²) < 4.78 is 0. The van der Waals surface area contributed by atoms with Gasteiger partial charge in [0.2, 0.25) is 0 Å². The van der Waals surface area contributed by atoms with Gasteiger partial charge in [0.05, 0.1) is 0 Å². The van der Waals surface area contributed by atoms with Crippen molar-refractivity contribution in [1.82, 2.24) is 0 Å². The molecule has 0 aliphatic rings. The third-order valence-corrected chi connectivity index (χ3v) is 1.30. The van der Waals surface area contributed by atoms with E-state index in [1.807, 2.05) is 0 Å². The van der Waals surface area contributed by atoms with Crippen molar-refractivity contribution in [2.24, 2.45) is 5.92 Å². The summed E-state index contributed by atoms with van der Waals surface area (Å²) in [5.41, 5.74) is 0. The number of hydrogen-bond donors (Lipinski definition) is 2. The molecule has 0 aliphatic heterocycles. The van der Waals surface area contributed by atoms with Gasteiger partial charge in [-0.05, 0) is 0 Å². The van der Waals surface area contributed by atoms with E-state index in [9.17, 15) is 4.79 Å². The van der Waals surface area contributed by atoms with Crippen molar-refractivity contribution in [2.45, 2.75) is 26.4 Å². The van der Waals surface area contributed by atoms with Gasteiger partial charge >= 0.3 is 0 Å². The molecule has 0 saturated heterocycles. The van der Waals surface area contributed by atoms with Crippen LogP contribution in [0.25, 0.3) is 0 Å². The largest absolute Gasteiger partial charge is 0.396 e. The van der Waals surface area contributed by atoms with E-state index in [-0.39, 0.29) is 24.7 Å². The molecule has 0 rings (SSSR count). The predicted molar refractivity (Wildman–Crippen MR) is 37.6 cm³/mol. The van der Waals surface area contributed by atoms with E-state index in [0.717, 1.165) is 0 Å². The van der Waals surface area contributed by atoms with E-state index in [4.69, 9.17) is 10.2 Å². The molecule has 0 fully saturated rings. The molecule has 3 nitrogen and oxygen atoms in total. The summed E-state index contributed by atoms with van der Waals surface area (Å²) in [4.78, 5) is 10.9. The van der Waals surface area contributed by atoms with Crippen LogP contribution < -0.4 is 0 Å². The number of carbonyl (C=O) groups is 1. The lowest BCUT2D eigenvalue weighted by Crippen LogP contribution is -2.25. The number of aliphatic hydroxyl groups is 2. The monoisotopic (exact) mass is 146 g/mol. The normalized spacial score (nSPS) is 13.7. The maximum absolute atomic E-state index is 10.9.